The van der Waals surface area contributed by atoms with Gasteiger partial charge in [0.05, 0.1) is 17.1 Å². The second kappa shape index (κ2) is 5.66. The van der Waals surface area contributed by atoms with E-state index in [-0.39, 0.29) is 6.17 Å². The monoisotopic (exact) mass is 317 g/mol. The summed E-state index contributed by atoms with van der Waals surface area (Å²) in [7, 11) is 0. The highest BCUT2D eigenvalue weighted by molar-refractivity contribution is 5.94. The van der Waals surface area contributed by atoms with Crippen LogP contribution in [0.5, 0.6) is 0 Å². The first kappa shape index (κ1) is 14.2. The lowest BCUT2D eigenvalue weighted by molar-refractivity contribution is 0.1000. The third kappa shape index (κ3) is 2.34. The van der Waals surface area contributed by atoms with E-state index in [0.717, 1.165) is 17.1 Å². The van der Waals surface area contributed by atoms with Crippen molar-refractivity contribution in [3.63, 3.8) is 0 Å². The molecule has 0 spiro atoms. The lowest BCUT2D eigenvalue weighted by Crippen LogP contribution is -2.25. The summed E-state index contributed by atoms with van der Waals surface area (Å²) in [5, 5.41) is 3.46. The number of nitrogens with zero attached hydrogens (tertiary/aromatic N) is 3. The number of hydrogen-bond acceptors (Lipinski definition) is 5. The number of amides is 1. The lowest BCUT2D eigenvalue weighted by Gasteiger charge is -2.25. The highest BCUT2D eigenvalue weighted by Gasteiger charge is 2.32. The van der Waals surface area contributed by atoms with Crippen molar-refractivity contribution in [1.29, 1.82) is 0 Å². The zero-order valence-electron chi connectivity index (χ0n) is 12.8. The van der Waals surface area contributed by atoms with Crippen molar-refractivity contribution >= 4 is 23.1 Å². The van der Waals surface area contributed by atoms with Gasteiger partial charge in [-0.2, -0.15) is 0 Å². The van der Waals surface area contributed by atoms with E-state index >= 15 is 0 Å². The Hall–Kier alpha value is -3.41. The summed E-state index contributed by atoms with van der Waals surface area (Å²) < 4.78 is 0. The summed E-state index contributed by atoms with van der Waals surface area (Å²) in [6.45, 7) is 0. The second-order valence-corrected chi connectivity index (χ2v) is 5.46. The number of benzene rings is 1. The number of aromatic nitrogens is 2. The van der Waals surface area contributed by atoms with Crippen molar-refractivity contribution in [2.75, 3.05) is 10.2 Å². The number of nitrogens with one attached hydrogen (secondary N) is 1. The van der Waals surface area contributed by atoms with Gasteiger partial charge < -0.3 is 11.1 Å². The van der Waals surface area contributed by atoms with Gasteiger partial charge in [0.25, 0.3) is 0 Å². The van der Waals surface area contributed by atoms with Gasteiger partial charge in [-0.05, 0) is 36.4 Å². The molecule has 0 bridgehead atoms. The van der Waals surface area contributed by atoms with Crippen molar-refractivity contribution in [2.45, 2.75) is 6.17 Å². The Labute approximate surface area is 139 Å². The average molecular weight is 317 g/mol. The van der Waals surface area contributed by atoms with Crippen LogP contribution in [0.15, 0.2) is 67.0 Å². The molecule has 1 aliphatic rings. The van der Waals surface area contributed by atoms with Gasteiger partial charge in [-0.15, -0.1) is 0 Å². The maximum Gasteiger partial charge on any atom is 0.248 e. The van der Waals surface area contributed by atoms with Gasteiger partial charge in [0.15, 0.2) is 0 Å². The van der Waals surface area contributed by atoms with Crippen molar-refractivity contribution in [2.24, 2.45) is 5.73 Å². The van der Waals surface area contributed by atoms with Gasteiger partial charge in [0.2, 0.25) is 5.91 Å². The fraction of sp³-hybridized carbons (Fsp3) is 0.0556. The van der Waals surface area contributed by atoms with Crippen LogP contribution in [0.2, 0.25) is 0 Å². The molecule has 3 aromatic rings. The standard InChI is InChI=1S/C18H15N5O/c19-17(24)12-8-10-21-16(11-12)23-15-7-2-1-5-13(15)22-18(23)14-6-3-4-9-20-14/h1-11,18,22H,(H2,19,24). The number of pyridine rings is 2. The van der Waals surface area contributed by atoms with E-state index in [1.54, 1.807) is 24.5 Å². The van der Waals surface area contributed by atoms with Gasteiger partial charge in [-0.1, -0.05) is 18.2 Å². The van der Waals surface area contributed by atoms with E-state index in [2.05, 4.69) is 15.3 Å². The van der Waals surface area contributed by atoms with E-state index in [4.69, 9.17) is 5.73 Å². The molecule has 0 saturated heterocycles. The molecule has 1 aliphatic heterocycles. The molecule has 118 valence electrons. The Morgan fingerprint density at radius 1 is 1.04 bits per heavy atom. The summed E-state index contributed by atoms with van der Waals surface area (Å²) in [5.74, 6) is 0.160. The number of hydrogen-bond donors (Lipinski definition) is 2. The van der Waals surface area contributed by atoms with Crippen LogP contribution in [0, 0.1) is 0 Å². The second-order valence-electron chi connectivity index (χ2n) is 5.46. The molecule has 1 amide bonds. The number of anilines is 3. The SMILES string of the molecule is NC(=O)c1ccnc(N2c3ccccc3NC2c2ccccn2)c1. The Bertz CT molecular complexity index is 897. The minimum atomic E-state index is -0.478. The maximum absolute atomic E-state index is 11.5. The van der Waals surface area contributed by atoms with E-state index in [0.29, 0.717) is 11.4 Å². The summed E-state index contributed by atoms with van der Waals surface area (Å²) in [6.07, 6.45) is 3.14. The fourth-order valence-corrected chi connectivity index (χ4v) is 2.86. The third-order valence-electron chi connectivity index (χ3n) is 3.96. The summed E-state index contributed by atoms with van der Waals surface area (Å²) in [4.78, 5) is 22.4. The number of para-hydroxylation sites is 2. The minimum Gasteiger partial charge on any atom is -0.366 e. The van der Waals surface area contributed by atoms with Crippen LogP contribution in [-0.2, 0) is 0 Å². The largest absolute Gasteiger partial charge is 0.366 e. The van der Waals surface area contributed by atoms with Crippen LogP contribution in [-0.4, -0.2) is 15.9 Å². The van der Waals surface area contributed by atoms with Crippen molar-refractivity contribution < 1.29 is 4.79 Å². The zero-order chi connectivity index (χ0) is 16.5. The van der Waals surface area contributed by atoms with Crippen LogP contribution in [0.25, 0.3) is 0 Å². The predicted octanol–water partition coefficient (Wildman–Crippen LogP) is 2.84. The molecule has 1 unspecified atom stereocenters. The Morgan fingerprint density at radius 3 is 2.67 bits per heavy atom. The van der Waals surface area contributed by atoms with Gasteiger partial charge >= 0.3 is 0 Å². The summed E-state index contributed by atoms with van der Waals surface area (Å²) in [6, 6.07) is 17.0. The number of fused-ring (bicyclic) bond motifs is 1. The van der Waals surface area contributed by atoms with Crippen LogP contribution in [0.4, 0.5) is 17.2 Å². The smallest absolute Gasteiger partial charge is 0.248 e. The van der Waals surface area contributed by atoms with Crippen LogP contribution < -0.4 is 16.0 Å². The first-order valence-electron chi connectivity index (χ1n) is 7.55. The molecule has 6 nitrogen and oxygen atoms in total. The average Bonchev–Trinajstić information content (AvgIpc) is 3.02. The van der Waals surface area contributed by atoms with E-state index in [1.807, 2.05) is 47.4 Å². The Morgan fingerprint density at radius 2 is 1.88 bits per heavy atom. The molecule has 0 saturated carbocycles. The Kier molecular flexibility index (Phi) is 3.35. The number of rotatable bonds is 3. The lowest BCUT2D eigenvalue weighted by atomic mass is 10.2. The number of carbonyl (C=O) groups is 1. The van der Waals surface area contributed by atoms with E-state index in [1.165, 1.54) is 0 Å². The molecule has 4 rings (SSSR count). The van der Waals surface area contributed by atoms with Crippen LogP contribution >= 0.6 is 0 Å². The highest BCUT2D eigenvalue weighted by atomic mass is 16.1. The fourth-order valence-electron chi connectivity index (χ4n) is 2.86. The first-order valence-corrected chi connectivity index (χ1v) is 7.55. The minimum absolute atomic E-state index is 0.209. The molecule has 1 atom stereocenters. The molecule has 0 radical (unpaired) electrons. The van der Waals surface area contributed by atoms with Crippen molar-refractivity contribution in [3.05, 3.63) is 78.2 Å². The molecule has 2 aromatic heterocycles. The van der Waals surface area contributed by atoms with Crippen LogP contribution in [0.3, 0.4) is 0 Å². The molecule has 0 aliphatic carbocycles. The summed E-state index contributed by atoms with van der Waals surface area (Å²) >= 11 is 0. The molecule has 1 aromatic carbocycles. The first-order chi connectivity index (χ1) is 11.7. The Balaban J connectivity index is 1.85. The molecule has 0 fully saturated rings. The topological polar surface area (TPSA) is 84.1 Å². The number of primary amides is 1. The predicted molar refractivity (Wildman–Crippen MR) is 91.9 cm³/mol. The molecule has 3 N–H and O–H groups in total. The van der Waals surface area contributed by atoms with Crippen LogP contribution in [0.1, 0.15) is 22.2 Å². The summed E-state index contributed by atoms with van der Waals surface area (Å²) in [5.41, 5.74) is 8.65. The van der Waals surface area contributed by atoms with Crippen molar-refractivity contribution in [1.82, 2.24) is 9.97 Å². The molecule has 24 heavy (non-hydrogen) atoms. The molecule has 6 heteroatoms. The van der Waals surface area contributed by atoms with E-state index < -0.39 is 5.91 Å². The van der Waals surface area contributed by atoms with Gasteiger partial charge in [-0.25, -0.2) is 4.98 Å². The normalized spacial score (nSPS) is 15.7. The van der Waals surface area contributed by atoms with Crippen molar-refractivity contribution in [3.8, 4) is 0 Å². The van der Waals surface area contributed by atoms with Gasteiger partial charge in [0, 0.05) is 18.0 Å². The molecular weight excluding hydrogens is 302 g/mol. The van der Waals surface area contributed by atoms with Gasteiger partial charge in [0.1, 0.15) is 12.0 Å². The zero-order valence-corrected chi connectivity index (χ0v) is 12.8. The third-order valence-corrected chi connectivity index (χ3v) is 3.96. The molecular formula is C18H15N5O. The number of nitrogens with two attached hydrogens (primary N) is 1. The number of carbonyl (C=O) groups excluding carboxylic acids is 1. The van der Waals surface area contributed by atoms with E-state index in [9.17, 15) is 4.79 Å². The highest BCUT2D eigenvalue weighted by Crippen LogP contribution is 2.44. The maximum atomic E-state index is 11.5. The van der Waals surface area contributed by atoms with Gasteiger partial charge in [-0.3, -0.25) is 14.7 Å². The molecule has 3 heterocycles. The quantitative estimate of drug-likeness (QED) is 0.776.